The first-order valence-electron chi connectivity index (χ1n) is 5.96. The van der Waals surface area contributed by atoms with E-state index in [1.807, 2.05) is 6.92 Å². The molecule has 0 aliphatic carbocycles. The highest BCUT2D eigenvalue weighted by atomic mass is 35.5. The predicted molar refractivity (Wildman–Crippen MR) is 70.0 cm³/mol. The van der Waals surface area contributed by atoms with Crippen LogP contribution in [0.2, 0.25) is 5.02 Å². The number of hydrogen-bond donors (Lipinski definition) is 1. The van der Waals surface area contributed by atoms with E-state index in [9.17, 15) is 4.79 Å². The van der Waals surface area contributed by atoms with E-state index in [0.29, 0.717) is 28.9 Å². The molecule has 0 fully saturated rings. The van der Waals surface area contributed by atoms with Crippen molar-refractivity contribution in [1.29, 1.82) is 0 Å². The number of nitrogens with one attached hydrogen (secondary N) is 1. The highest BCUT2D eigenvalue weighted by molar-refractivity contribution is 6.31. The lowest BCUT2D eigenvalue weighted by Crippen LogP contribution is -2.28. The van der Waals surface area contributed by atoms with Crippen LogP contribution in [-0.2, 0) is 13.5 Å². The Morgan fingerprint density at radius 1 is 1.63 bits per heavy atom. The van der Waals surface area contributed by atoms with Crippen molar-refractivity contribution < 1.29 is 9.32 Å². The van der Waals surface area contributed by atoms with Gasteiger partial charge in [0.15, 0.2) is 5.82 Å². The fraction of sp³-hybridized carbons (Fsp3) is 0.417. The molecular formula is C12H15ClN4O2. The van der Waals surface area contributed by atoms with Crippen molar-refractivity contribution in [2.45, 2.75) is 26.3 Å². The van der Waals surface area contributed by atoms with Gasteiger partial charge in [0, 0.05) is 19.7 Å². The molecule has 0 aromatic carbocycles. The number of hydrogen-bond acceptors (Lipinski definition) is 4. The molecule has 7 heteroatoms. The second-order valence-electron chi connectivity index (χ2n) is 4.25. The first-order chi connectivity index (χ1) is 9.01. The molecule has 102 valence electrons. The Morgan fingerprint density at radius 3 is 2.89 bits per heavy atom. The third-order valence-electron chi connectivity index (χ3n) is 2.72. The number of amides is 1. The quantitative estimate of drug-likeness (QED) is 0.932. The van der Waals surface area contributed by atoms with Gasteiger partial charge in [0.1, 0.15) is 11.7 Å². The van der Waals surface area contributed by atoms with Gasteiger partial charge in [0.05, 0.1) is 5.02 Å². The molecule has 1 N–H and O–H groups in total. The molecule has 2 aromatic heterocycles. The summed E-state index contributed by atoms with van der Waals surface area (Å²) in [7, 11) is 1.76. The smallest absolute Gasteiger partial charge is 0.268 e. The van der Waals surface area contributed by atoms with E-state index < -0.39 is 0 Å². The third kappa shape index (κ3) is 2.96. The van der Waals surface area contributed by atoms with Crippen LogP contribution in [0, 0.1) is 0 Å². The maximum Gasteiger partial charge on any atom is 0.268 e. The number of carbonyl (C=O) groups is 1. The Hall–Kier alpha value is -1.82. The molecule has 0 spiro atoms. The first-order valence-corrected chi connectivity index (χ1v) is 6.34. The average molecular weight is 283 g/mol. The zero-order valence-electron chi connectivity index (χ0n) is 11.0. The maximum atomic E-state index is 12.1. The van der Waals surface area contributed by atoms with Crippen LogP contribution in [0.4, 0.5) is 0 Å². The molecule has 2 heterocycles. The molecule has 2 rings (SSSR count). The second kappa shape index (κ2) is 5.44. The van der Waals surface area contributed by atoms with E-state index in [2.05, 4.69) is 15.5 Å². The van der Waals surface area contributed by atoms with Crippen LogP contribution in [0.5, 0.6) is 0 Å². The number of rotatable bonds is 4. The number of halogens is 1. The van der Waals surface area contributed by atoms with Gasteiger partial charge in [-0.05, 0) is 13.0 Å². The van der Waals surface area contributed by atoms with E-state index in [1.54, 1.807) is 30.8 Å². The van der Waals surface area contributed by atoms with E-state index in [-0.39, 0.29) is 11.9 Å². The predicted octanol–water partition coefficient (Wildman–Crippen LogP) is 2.11. The molecule has 2 aromatic rings. The molecule has 0 saturated heterocycles. The van der Waals surface area contributed by atoms with Crippen LogP contribution in [0.3, 0.4) is 0 Å². The standard InChI is InChI=1S/C12H15ClN4O2/c1-4-10-15-12(19-16-10)7(2)14-11(18)9-5-8(13)6-17(9)3/h5-7H,4H2,1-3H3,(H,14,18)/t7-/m0/s1. The number of aryl methyl sites for hydroxylation is 2. The van der Waals surface area contributed by atoms with Gasteiger partial charge >= 0.3 is 0 Å². The second-order valence-corrected chi connectivity index (χ2v) is 4.69. The highest BCUT2D eigenvalue weighted by Gasteiger charge is 2.18. The molecule has 0 aliphatic rings. The summed E-state index contributed by atoms with van der Waals surface area (Å²) in [6.07, 6.45) is 2.36. The van der Waals surface area contributed by atoms with Crippen LogP contribution < -0.4 is 5.32 Å². The van der Waals surface area contributed by atoms with Gasteiger partial charge in [0.25, 0.3) is 5.91 Å². The van der Waals surface area contributed by atoms with Crippen molar-refractivity contribution in [1.82, 2.24) is 20.0 Å². The largest absolute Gasteiger partial charge is 0.345 e. The molecule has 0 bridgehead atoms. The van der Waals surface area contributed by atoms with E-state index in [1.165, 1.54) is 0 Å². The highest BCUT2D eigenvalue weighted by Crippen LogP contribution is 2.15. The summed E-state index contributed by atoms with van der Waals surface area (Å²) in [6.45, 7) is 3.72. The average Bonchev–Trinajstić information content (AvgIpc) is 2.95. The van der Waals surface area contributed by atoms with Crippen LogP contribution in [0.15, 0.2) is 16.8 Å². The molecule has 6 nitrogen and oxygen atoms in total. The fourth-order valence-corrected chi connectivity index (χ4v) is 1.92. The van der Waals surface area contributed by atoms with Crippen molar-refractivity contribution >= 4 is 17.5 Å². The minimum atomic E-state index is -0.353. The summed E-state index contributed by atoms with van der Waals surface area (Å²) in [6, 6.07) is 1.25. The molecule has 0 aliphatic heterocycles. The van der Waals surface area contributed by atoms with E-state index >= 15 is 0 Å². The lowest BCUT2D eigenvalue weighted by molar-refractivity contribution is 0.0924. The zero-order valence-corrected chi connectivity index (χ0v) is 11.7. The first kappa shape index (κ1) is 13.6. The van der Waals surface area contributed by atoms with Gasteiger partial charge < -0.3 is 14.4 Å². The Labute approximate surface area is 115 Å². The van der Waals surface area contributed by atoms with Crippen molar-refractivity contribution in [3.8, 4) is 0 Å². The topological polar surface area (TPSA) is 73.0 Å². The SMILES string of the molecule is CCc1noc([C@H](C)NC(=O)c2cc(Cl)cn2C)n1. The Kier molecular flexibility index (Phi) is 3.90. The molecule has 19 heavy (non-hydrogen) atoms. The molecule has 1 amide bonds. The van der Waals surface area contributed by atoms with Crippen LogP contribution in [-0.4, -0.2) is 20.6 Å². The summed E-state index contributed by atoms with van der Waals surface area (Å²) in [4.78, 5) is 16.2. The lowest BCUT2D eigenvalue weighted by Gasteiger charge is -2.09. The van der Waals surface area contributed by atoms with Gasteiger partial charge in [-0.2, -0.15) is 4.98 Å². The van der Waals surface area contributed by atoms with Crippen LogP contribution in [0.25, 0.3) is 0 Å². The Morgan fingerprint density at radius 2 is 2.37 bits per heavy atom. The number of aromatic nitrogens is 3. The van der Waals surface area contributed by atoms with Crippen molar-refractivity contribution in [2.24, 2.45) is 7.05 Å². The van der Waals surface area contributed by atoms with E-state index in [4.69, 9.17) is 16.1 Å². The number of nitrogens with zero attached hydrogens (tertiary/aromatic N) is 3. The Bertz CT molecular complexity index is 590. The third-order valence-corrected chi connectivity index (χ3v) is 2.93. The molecule has 0 unspecified atom stereocenters. The Balaban J connectivity index is 2.08. The molecular weight excluding hydrogens is 268 g/mol. The lowest BCUT2D eigenvalue weighted by atomic mass is 10.3. The summed E-state index contributed by atoms with van der Waals surface area (Å²) in [5.74, 6) is 0.779. The minimum Gasteiger partial charge on any atom is -0.345 e. The normalized spacial score (nSPS) is 12.4. The summed E-state index contributed by atoms with van der Waals surface area (Å²) in [5, 5.41) is 7.10. The summed E-state index contributed by atoms with van der Waals surface area (Å²) >= 11 is 5.84. The summed E-state index contributed by atoms with van der Waals surface area (Å²) < 4.78 is 6.74. The van der Waals surface area contributed by atoms with Gasteiger partial charge in [0.2, 0.25) is 5.89 Å². The van der Waals surface area contributed by atoms with Crippen LogP contribution >= 0.6 is 11.6 Å². The van der Waals surface area contributed by atoms with Gasteiger partial charge in [-0.15, -0.1) is 0 Å². The van der Waals surface area contributed by atoms with Gasteiger partial charge in [-0.3, -0.25) is 4.79 Å². The molecule has 0 radical (unpaired) electrons. The van der Waals surface area contributed by atoms with Crippen molar-refractivity contribution in [3.05, 3.63) is 34.7 Å². The monoisotopic (exact) mass is 282 g/mol. The van der Waals surface area contributed by atoms with Gasteiger partial charge in [-0.1, -0.05) is 23.7 Å². The van der Waals surface area contributed by atoms with Crippen molar-refractivity contribution in [2.75, 3.05) is 0 Å². The minimum absolute atomic E-state index is 0.238. The summed E-state index contributed by atoms with van der Waals surface area (Å²) in [5.41, 5.74) is 0.479. The maximum absolute atomic E-state index is 12.1. The zero-order chi connectivity index (χ0) is 14.0. The van der Waals surface area contributed by atoms with Gasteiger partial charge in [-0.25, -0.2) is 0 Å². The molecule has 0 saturated carbocycles. The number of carbonyl (C=O) groups excluding carboxylic acids is 1. The molecule has 1 atom stereocenters. The van der Waals surface area contributed by atoms with Crippen LogP contribution in [0.1, 0.15) is 42.1 Å². The fourth-order valence-electron chi connectivity index (χ4n) is 1.67. The van der Waals surface area contributed by atoms with Crippen molar-refractivity contribution in [3.63, 3.8) is 0 Å². The van der Waals surface area contributed by atoms with E-state index in [0.717, 1.165) is 0 Å².